The average Bonchev–Trinajstić information content (AvgIpc) is 2.91. The zero-order valence-electron chi connectivity index (χ0n) is 21.3. The monoisotopic (exact) mass is 526 g/mol. The summed E-state index contributed by atoms with van der Waals surface area (Å²) in [4.78, 5) is 24.5. The van der Waals surface area contributed by atoms with Gasteiger partial charge in [0.25, 0.3) is 0 Å². The molecule has 202 valence electrons. The largest absolute Gasteiger partial charge is 0.490 e. The fraction of sp³-hybridized carbons (Fsp3) is 0.346. The van der Waals surface area contributed by atoms with Crippen LogP contribution in [0.3, 0.4) is 0 Å². The molecule has 0 aromatic heterocycles. The number of methoxy groups -OCH3 is 1. The molecular formula is C26H30N4O8. The summed E-state index contributed by atoms with van der Waals surface area (Å²) in [6, 6.07) is 9.25. The molecule has 12 heteroatoms. The molecule has 0 radical (unpaired) electrons. The number of hydrazone groups is 1. The summed E-state index contributed by atoms with van der Waals surface area (Å²) in [5, 5.41) is 19.7. The van der Waals surface area contributed by atoms with Crippen LogP contribution in [0.25, 0.3) is 0 Å². The Hall–Kier alpha value is -4.45. The lowest BCUT2D eigenvalue weighted by molar-refractivity contribution is -0.136. The predicted molar refractivity (Wildman–Crippen MR) is 136 cm³/mol. The van der Waals surface area contributed by atoms with E-state index in [0.717, 1.165) is 5.56 Å². The Bertz CT molecular complexity index is 1250. The number of aliphatic hydroxyl groups excluding tert-OH is 1. The summed E-state index contributed by atoms with van der Waals surface area (Å²) in [6.07, 6.45) is 0.432. The van der Waals surface area contributed by atoms with Crippen LogP contribution in [0.5, 0.6) is 23.0 Å². The Morgan fingerprint density at radius 1 is 1.18 bits per heavy atom. The summed E-state index contributed by atoms with van der Waals surface area (Å²) in [5.41, 5.74) is 4.64. The molecule has 0 spiro atoms. The number of hydrogen-bond donors (Lipinski definition) is 4. The van der Waals surface area contributed by atoms with Crippen molar-refractivity contribution >= 4 is 18.2 Å². The number of nitrogens with one attached hydrogen (secondary N) is 3. The number of ether oxygens (including phenoxy) is 5. The fourth-order valence-electron chi connectivity index (χ4n) is 3.96. The zero-order chi connectivity index (χ0) is 27.1. The molecule has 38 heavy (non-hydrogen) atoms. The summed E-state index contributed by atoms with van der Waals surface area (Å²) < 4.78 is 27.4. The minimum Gasteiger partial charge on any atom is -0.490 e. The molecule has 4 N–H and O–H groups in total. The minimum atomic E-state index is -1.11. The number of hydrogen-bond acceptors (Lipinski definition) is 10. The molecule has 2 aliphatic rings. The molecule has 2 aromatic carbocycles. The van der Waals surface area contributed by atoms with Crippen molar-refractivity contribution in [2.24, 2.45) is 5.10 Å². The van der Waals surface area contributed by atoms with E-state index in [4.69, 9.17) is 23.7 Å². The molecule has 0 aliphatic carbocycles. The van der Waals surface area contributed by atoms with E-state index in [2.05, 4.69) is 21.2 Å². The number of allylic oxidation sites excluding steroid dienone is 1. The van der Waals surface area contributed by atoms with Gasteiger partial charge in [0.15, 0.2) is 29.2 Å². The van der Waals surface area contributed by atoms with Crippen molar-refractivity contribution in [3.8, 4) is 23.0 Å². The van der Waals surface area contributed by atoms with Crippen LogP contribution < -0.4 is 35.0 Å². The van der Waals surface area contributed by atoms with E-state index < -0.39 is 24.3 Å². The predicted octanol–water partition coefficient (Wildman–Crippen LogP) is 1.98. The minimum absolute atomic E-state index is 0.131. The molecule has 4 rings (SSSR count). The highest BCUT2D eigenvalue weighted by Gasteiger charge is 2.32. The summed E-state index contributed by atoms with van der Waals surface area (Å²) >= 11 is 0. The summed E-state index contributed by atoms with van der Waals surface area (Å²) in [7, 11) is 1.28. The summed E-state index contributed by atoms with van der Waals surface area (Å²) in [6.45, 7) is 4.66. The second-order valence-corrected chi connectivity index (χ2v) is 8.32. The van der Waals surface area contributed by atoms with E-state index in [1.165, 1.54) is 7.11 Å². The van der Waals surface area contributed by atoms with Crippen LogP contribution in [0, 0.1) is 0 Å². The van der Waals surface area contributed by atoms with Gasteiger partial charge in [-0.05, 0) is 55.3 Å². The van der Waals surface area contributed by atoms with Gasteiger partial charge in [0.2, 0.25) is 0 Å². The lowest BCUT2D eigenvalue weighted by Gasteiger charge is -2.28. The first kappa shape index (κ1) is 26.6. The molecular weight excluding hydrogens is 496 g/mol. The van der Waals surface area contributed by atoms with Crippen LogP contribution in [-0.4, -0.2) is 63.1 Å². The van der Waals surface area contributed by atoms with Crippen LogP contribution in [0.4, 0.5) is 4.79 Å². The molecule has 2 aromatic rings. The van der Waals surface area contributed by atoms with Gasteiger partial charge in [-0.25, -0.2) is 9.59 Å². The molecule has 0 bridgehead atoms. The molecule has 12 nitrogen and oxygen atoms in total. The molecule has 0 saturated carbocycles. The Balaban J connectivity index is 1.41. The van der Waals surface area contributed by atoms with Crippen LogP contribution >= 0.6 is 0 Å². The average molecular weight is 527 g/mol. The van der Waals surface area contributed by atoms with Gasteiger partial charge in [0, 0.05) is 5.70 Å². The fourth-order valence-corrected chi connectivity index (χ4v) is 3.96. The van der Waals surface area contributed by atoms with Gasteiger partial charge in [0.1, 0.15) is 19.8 Å². The number of nitrogens with zero attached hydrogens (tertiary/aromatic N) is 1. The Kier molecular flexibility index (Phi) is 8.54. The van der Waals surface area contributed by atoms with Gasteiger partial charge < -0.3 is 39.4 Å². The molecule has 2 atom stereocenters. The van der Waals surface area contributed by atoms with Crippen molar-refractivity contribution in [2.45, 2.75) is 26.1 Å². The highest BCUT2D eigenvalue weighted by Crippen LogP contribution is 2.35. The number of carbonyl (C=O) groups excluding carboxylic acids is 2. The van der Waals surface area contributed by atoms with Crippen molar-refractivity contribution in [2.75, 3.05) is 33.5 Å². The third kappa shape index (κ3) is 6.27. The van der Waals surface area contributed by atoms with Crippen molar-refractivity contribution in [1.29, 1.82) is 0 Å². The smallest absolute Gasteiger partial charge is 0.337 e. The zero-order valence-corrected chi connectivity index (χ0v) is 21.3. The van der Waals surface area contributed by atoms with E-state index in [-0.39, 0.29) is 12.2 Å². The Labute approximate surface area is 219 Å². The highest BCUT2D eigenvalue weighted by molar-refractivity contribution is 5.95. The number of fused-ring (bicyclic) bond motifs is 1. The lowest BCUT2D eigenvalue weighted by atomic mass is 9.95. The van der Waals surface area contributed by atoms with Gasteiger partial charge >= 0.3 is 12.0 Å². The number of benzene rings is 2. The van der Waals surface area contributed by atoms with Crippen molar-refractivity contribution in [3.63, 3.8) is 0 Å². The number of carbonyl (C=O) groups is 2. The molecule has 2 aliphatic heterocycles. The van der Waals surface area contributed by atoms with Gasteiger partial charge in [0.05, 0.1) is 31.5 Å². The van der Waals surface area contributed by atoms with Gasteiger partial charge in [-0.15, -0.1) is 0 Å². The normalized spacial score (nSPS) is 17.4. The van der Waals surface area contributed by atoms with Crippen molar-refractivity contribution in [3.05, 3.63) is 58.8 Å². The SMILES string of the molecule is CCOc1cc([C@@H]2NC(=O)NC(C)=C2C(=O)OC)ccc1OC[C@@H](O)N/N=C/c1ccc2c(c1)OCCO2. The van der Waals surface area contributed by atoms with E-state index in [1.54, 1.807) is 43.5 Å². The molecule has 2 heterocycles. The second-order valence-electron chi connectivity index (χ2n) is 8.32. The number of urea groups is 1. The van der Waals surface area contributed by atoms with E-state index in [1.807, 2.05) is 13.0 Å². The Morgan fingerprint density at radius 2 is 1.97 bits per heavy atom. The van der Waals surface area contributed by atoms with Crippen LogP contribution in [0.1, 0.15) is 31.0 Å². The first-order valence-electron chi connectivity index (χ1n) is 12.0. The standard InChI is InChI=1S/C26H30N4O8/c1-4-35-21-12-17(24-23(25(32)34-3)15(2)28-26(33)29-24)6-8-19(21)38-14-22(31)30-27-13-16-5-7-18-20(11-16)37-10-9-36-18/h5-8,11-13,22,24,30-31H,4,9-10,14H2,1-3H3,(H2,28,29,33)/b27-13+/t22-,24+/m1/s1. The van der Waals surface area contributed by atoms with Gasteiger partial charge in [-0.2, -0.15) is 5.10 Å². The number of amides is 2. The number of aliphatic hydroxyl groups is 1. The number of esters is 1. The molecule has 0 fully saturated rings. The second kappa shape index (κ2) is 12.2. The van der Waals surface area contributed by atoms with Crippen LogP contribution in [0.2, 0.25) is 0 Å². The van der Waals surface area contributed by atoms with Crippen LogP contribution in [0.15, 0.2) is 52.8 Å². The van der Waals surface area contributed by atoms with E-state index in [0.29, 0.717) is 54.1 Å². The Morgan fingerprint density at radius 3 is 2.74 bits per heavy atom. The summed E-state index contributed by atoms with van der Waals surface area (Å²) in [5.74, 6) is 1.51. The van der Waals surface area contributed by atoms with Crippen molar-refractivity contribution < 1.29 is 38.4 Å². The van der Waals surface area contributed by atoms with Crippen molar-refractivity contribution in [1.82, 2.24) is 16.1 Å². The quantitative estimate of drug-likeness (QED) is 0.158. The number of rotatable bonds is 10. The maximum absolute atomic E-state index is 12.4. The third-order valence-electron chi connectivity index (χ3n) is 5.68. The molecule has 0 unspecified atom stereocenters. The maximum Gasteiger partial charge on any atom is 0.337 e. The topological polar surface area (TPSA) is 149 Å². The van der Waals surface area contributed by atoms with E-state index >= 15 is 0 Å². The van der Waals surface area contributed by atoms with Crippen LogP contribution in [-0.2, 0) is 9.53 Å². The lowest BCUT2D eigenvalue weighted by Crippen LogP contribution is -2.45. The van der Waals surface area contributed by atoms with Gasteiger partial charge in [-0.1, -0.05) is 6.07 Å². The first-order chi connectivity index (χ1) is 18.4. The van der Waals surface area contributed by atoms with Gasteiger partial charge in [-0.3, -0.25) is 5.43 Å². The molecule has 2 amide bonds. The molecule has 0 saturated heterocycles. The third-order valence-corrected chi connectivity index (χ3v) is 5.68. The maximum atomic E-state index is 12.4. The van der Waals surface area contributed by atoms with E-state index in [9.17, 15) is 14.7 Å². The first-order valence-corrected chi connectivity index (χ1v) is 12.0. The highest BCUT2D eigenvalue weighted by atomic mass is 16.6.